The number of rotatable bonds is 49. The molecule has 60 heavy (non-hydrogen) atoms. The average Bonchev–Trinajstić information content (AvgIpc) is 3.25. The first kappa shape index (κ1) is 58.3. The lowest BCUT2D eigenvalue weighted by molar-refractivity contribution is -0.143. The van der Waals surface area contributed by atoms with Crippen LogP contribution in [0, 0.1) is 0 Å². The minimum Gasteiger partial charge on any atom is -0.466 e. The highest BCUT2D eigenvalue weighted by Gasteiger charge is 2.20. The monoisotopic (exact) mass is 846 g/mol. The van der Waals surface area contributed by atoms with Gasteiger partial charge < -0.3 is 20.3 Å². The molecule has 0 aliphatic heterocycles. The van der Waals surface area contributed by atoms with Crippen molar-refractivity contribution in [3.63, 3.8) is 0 Å². The van der Waals surface area contributed by atoms with Gasteiger partial charge in [0.1, 0.15) is 0 Å². The van der Waals surface area contributed by atoms with Gasteiger partial charge >= 0.3 is 5.97 Å². The first-order valence-electron chi connectivity index (χ1n) is 26.6. The Hall–Kier alpha value is -1.66. The summed E-state index contributed by atoms with van der Waals surface area (Å²) in [5.41, 5.74) is 0. The summed E-state index contributed by atoms with van der Waals surface area (Å²) >= 11 is 0. The number of hydrogen-bond acceptors (Lipinski definition) is 5. The molecule has 0 heterocycles. The maximum atomic E-state index is 12.4. The van der Waals surface area contributed by atoms with Crippen LogP contribution in [0.1, 0.15) is 284 Å². The topological polar surface area (TPSA) is 95.9 Å². The molecule has 0 saturated carbocycles. The van der Waals surface area contributed by atoms with Crippen molar-refractivity contribution >= 4 is 11.9 Å². The van der Waals surface area contributed by atoms with E-state index in [4.69, 9.17) is 4.74 Å². The second-order valence-corrected chi connectivity index (χ2v) is 18.2. The molecule has 3 N–H and O–H groups in total. The van der Waals surface area contributed by atoms with E-state index in [1.54, 1.807) is 0 Å². The van der Waals surface area contributed by atoms with Crippen LogP contribution in [0.15, 0.2) is 24.3 Å². The molecule has 0 radical (unpaired) electrons. The van der Waals surface area contributed by atoms with E-state index in [1.165, 1.54) is 180 Å². The van der Waals surface area contributed by atoms with E-state index in [1.807, 2.05) is 0 Å². The molecule has 0 spiro atoms. The molecular formula is C54H103NO5. The van der Waals surface area contributed by atoms with Gasteiger partial charge in [-0.25, -0.2) is 0 Å². The van der Waals surface area contributed by atoms with Crippen molar-refractivity contribution in [2.75, 3.05) is 13.2 Å². The van der Waals surface area contributed by atoms with Crippen molar-refractivity contribution in [1.82, 2.24) is 5.32 Å². The second kappa shape index (κ2) is 50.0. The SMILES string of the molecule is CCCCCCCCC/C=C\CCCCCCCC(=O)OCCCCCCCC/C=C\CCCCCC(=O)NC(CO)C(O)CCCCCCCCCCCCCCCC. The van der Waals surface area contributed by atoms with Crippen LogP contribution in [0.3, 0.4) is 0 Å². The minimum atomic E-state index is -0.681. The molecule has 0 aromatic rings. The molecule has 1 amide bonds. The van der Waals surface area contributed by atoms with Gasteiger partial charge in [0.15, 0.2) is 0 Å². The Morgan fingerprint density at radius 2 is 0.783 bits per heavy atom. The fraction of sp³-hybridized carbons (Fsp3) is 0.889. The third kappa shape index (κ3) is 45.9. The first-order chi connectivity index (χ1) is 29.5. The zero-order valence-electron chi connectivity index (χ0n) is 40.2. The van der Waals surface area contributed by atoms with Gasteiger partial charge in [-0.05, 0) is 77.0 Å². The van der Waals surface area contributed by atoms with Crippen LogP contribution in [0.25, 0.3) is 0 Å². The number of amides is 1. The number of carbonyl (C=O) groups is 2. The van der Waals surface area contributed by atoms with Gasteiger partial charge in [-0.3, -0.25) is 9.59 Å². The maximum Gasteiger partial charge on any atom is 0.305 e. The van der Waals surface area contributed by atoms with Crippen LogP contribution < -0.4 is 5.32 Å². The molecule has 354 valence electrons. The van der Waals surface area contributed by atoms with Gasteiger partial charge in [0.05, 0.1) is 25.4 Å². The Balaban J connectivity index is 3.49. The lowest BCUT2D eigenvalue weighted by Gasteiger charge is -2.22. The average molecular weight is 846 g/mol. The van der Waals surface area contributed by atoms with Crippen LogP contribution in [-0.4, -0.2) is 47.4 Å². The zero-order chi connectivity index (χ0) is 43.7. The molecule has 0 rings (SSSR count). The standard InChI is InChI=1S/C54H103NO5/c1-3-5-7-9-11-13-15-17-19-20-24-28-32-36-40-44-48-54(59)60-49-45-41-37-33-29-25-21-23-27-31-35-39-43-47-53(58)55-51(50-56)52(57)46-42-38-34-30-26-22-18-16-14-12-10-8-6-4-2/h19-20,23,27,51-52,56-57H,3-18,21-22,24-26,28-50H2,1-2H3,(H,55,58)/b20-19-,27-23-. The number of allylic oxidation sites excluding steroid dienone is 4. The van der Waals surface area contributed by atoms with Crippen LogP contribution in [-0.2, 0) is 14.3 Å². The Morgan fingerprint density at radius 3 is 1.20 bits per heavy atom. The summed E-state index contributed by atoms with van der Waals surface area (Å²) < 4.78 is 5.46. The molecule has 0 aromatic carbocycles. The smallest absolute Gasteiger partial charge is 0.305 e. The first-order valence-corrected chi connectivity index (χ1v) is 26.6. The fourth-order valence-electron chi connectivity index (χ4n) is 8.10. The number of unbranched alkanes of at least 4 members (excludes halogenated alkanes) is 34. The summed E-state index contributed by atoms with van der Waals surface area (Å²) in [7, 11) is 0. The molecule has 0 fully saturated rings. The third-order valence-corrected chi connectivity index (χ3v) is 12.2. The largest absolute Gasteiger partial charge is 0.466 e. The molecule has 6 nitrogen and oxygen atoms in total. The second-order valence-electron chi connectivity index (χ2n) is 18.2. The number of carbonyl (C=O) groups excluding carboxylic acids is 2. The Bertz CT molecular complexity index is 935. The van der Waals surface area contributed by atoms with Gasteiger partial charge in [-0.15, -0.1) is 0 Å². The van der Waals surface area contributed by atoms with Crippen LogP contribution in [0.5, 0.6) is 0 Å². The zero-order valence-corrected chi connectivity index (χ0v) is 40.2. The number of hydrogen-bond donors (Lipinski definition) is 3. The summed E-state index contributed by atoms with van der Waals surface area (Å²) in [4.78, 5) is 24.5. The number of ether oxygens (including phenoxy) is 1. The van der Waals surface area contributed by atoms with Gasteiger partial charge in [0, 0.05) is 12.8 Å². The predicted molar refractivity (Wildman–Crippen MR) is 260 cm³/mol. The number of esters is 1. The summed E-state index contributed by atoms with van der Waals surface area (Å²) in [5.74, 6) is -0.0850. The molecule has 0 aliphatic carbocycles. The van der Waals surface area contributed by atoms with Crippen LogP contribution in [0.2, 0.25) is 0 Å². The van der Waals surface area contributed by atoms with Crippen molar-refractivity contribution in [1.29, 1.82) is 0 Å². The summed E-state index contributed by atoms with van der Waals surface area (Å²) in [6.07, 6.45) is 58.6. The Morgan fingerprint density at radius 1 is 0.450 bits per heavy atom. The lowest BCUT2D eigenvalue weighted by atomic mass is 10.0. The molecular weight excluding hydrogens is 743 g/mol. The van der Waals surface area contributed by atoms with Crippen LogP contribution in [0.4, 0.5) is 0 Å². The highest BCUT2D eigenvalue weighted by Crippen LogP contribution is 2.16. The van der Waals surface area contributed by atoms with Crippen LogP contribution >= 0.6 is 0 Å². The summed E-state index contributed by atoms with van der Waals surface area (Å²) in [6, 6.07) is -0.561. The number of nitrogens with one attached hydrogen (secondary N) is 1. The highest BCUT2D eigenvalue weighted by molar-refractivity contribution is 5.76. The predicted octanol–water partition coefficient (Wildman–Crippen LogP) is 15.9. The molecule has 6 heteroatoms. The van der Waals surface area contributed by atoms with Gasteiger partial charge in [0.2, 0.25) is 5.91 Å². The van der Waals surface area contributed by atoms with Crippen molar-refractivity contribution in [2.45, 2.75) is 296 Å². The van der Waals surface area contributed by atoms with Crippen molar-refractivity contribution < 1.29 is 24.5 Å². The third-order valence-electron chi connectivity index (χ3n) is 12.2. The van der Waals surface area contributed by atoms with E-state index >= 15 is 0 Å². The number of aliphatic hydroxyl groups excluding tert-OH is 2. The molecule has 2 unspecified atom stereocenters. The van der Waals surface area contributed by atoms with E-state index in [0.29, 0.717) is 25.9 Å². The van der Waals surface area contributed by atoms with Crippen molar-refractivity contribution in [3.05, 3.63) is 24.3 Å². The normalized spacial score (nSPS) is 12.8. The molecule has 0 bridgehead atoms. The molecule has 0 aromatic heterocycles. The van der Waals surface area contributed by atoms with E-state index in [2.05, 4.69) is 43.5 Å². The maximum absolute atomic E-state index is 12.4. The Kier molecular flexibility index (Phi) is 48.6. The highest BCUT2D eigenvalue weighted by atomic mass is 16.5. The Labute approximate surface area is 373 Å². The molecule has 0 saturated heterocycles. The van der Waals surface area contributed by atoms with E-state index < -0.39 is 12.1 Å². The fourth-order valence-corrected chi connectivity index (χ4v) is 8.10. The quantitative estimate of drug-likeness (QED) is 0.0322. The summed E-state index contributed by atoms with van der Waals surface area (Å²) in [5, 5.41) is 23.2. The van der Waals surface area contributed by atoms with Crippen molar-refractivity contribution in [2.24, 2.45) is 0 Å². The van der Waals surface area contributed by atoms with Crippen molar-refractivity contribution in [3.8, 4) is 0 Å². The summed E-state index contributed by atoms with van der Waals surface area (Å²) in [6.45, 7) is 4.90. The van der Waals surface area contributed by atoms with Gasteiger partial charge in [0.25, 0.3) is 0 Å². The molecule has 2 atom stereocenters. The lowest BCUT2D eigenvalue weighted by Crippen LogP contribution is -2.45. The van der Waals surface area contributed by atoms with E-state index in [9.17, 15) is 19.8 Å². The molecule has 0 aliphatic rings. The van der Waals surface area contributed by atoms with E-state index in [-0.39, 0.29) is 18.5 Å². The van der Waals surface area contributed by atoms with Gasteiger partial charge in [-0.1, -0.05) is 218 Å². The minimum absolute atomic E-state index is 0.0200. The van der Waals surface area contributed by atoms with Gasteiger partial charge in [-0.2, -0.15) is 0 Å². The number of aliphatic hydroxyl groups is 2. The van der Waals surface area contributed by atoms with E-state index in [0.717, 1.165) is 70.6 Å².